The van der Waals surface area contributed by atoms with E-state index in [4.69, 9.17) is 0 Å². The molecule has 0 aliphatic heterocycles. The van der Waals surface area contributed by atoms with Gasteiger partial charge in [0.1, 0.15) is 0 Å². The molecule has 3 aliphatic carbocycles. The van der Waals surface area contributed by atoms with Crippen LogP contribution >= 0.6 is 11.3 Å². The van der Waals surface area contributed by atoms with Crippen molar-refractivity contribution in [3.63, 3.8) is 0 Å². The van der Waals surface area contributed by atoms with Gasteiger partial charge in [-0.05, 0) is 0 Å². The minimum Gasteiger partial charge on any atom is -1.00 e. The third-order valence-corrected chi connectivity index (χ3v) is 18.6. The SMILES string of the molecule is CC1C=CC(c2ccsc2)=[C]1[Zr+2](=[C]1CCCCC1)[c]1c(C(C)(C)C)ccc2c1Cc1cc(C(C)(C)C)ccc1-2.[Cl-].[Cl-]. The Labute approximate surface area is 272 Å². The van der Waals surface area contributed by atoms with Crippen molar-refractivity contribution in [2.24, 2.45) is 5.92 Å². The summed E-state index contributed by atoms with van der Waals surface area (Å²) in [5.74, 6) is 0.545. The molecular formula is C37H44Cl2SZr. The van der Waals surface area contributed by atoms with Crippen LogP contribution in [0.3, 0.4) is 0 Å². The van der Waals surface area contributed by atoms with E-state index < -0.39 is 21.3 Å². The molecule has 1 unspecified atom stereocenters. The molecule has 1 fully saturated rings. The second kappa shape index (κ2) is 12.5. The smallest absolute Gasteiger partial charge is 1.00 e. The summed E-state index contributed by atoms with van der Waals surface area (Å²) in [6, 6.07) is 14.7. The molecule has 1 saturated carbocycles. The number of allylic oxidation sites excluding steroid dienone is 4. The Bertz CT molecular complexity index is 1520. The molecule has 0 saturated heterocycles. The van der Waals surface area contributed by atoms with Crippen LogP contribution in [0.1, 0.15) is 108 Å². The molecule has 0 bridgehead atoms. The average molecular weight is 683 g/mol. The molecule has 0 N–H and O–H groups in total. The molecule has 0 spiro atoms. The summed E-state index contributed by atoms with van der Waals surface area (Å²) in [6.07, 6.45) is 13.0. The summed E-state index contributed by atoms with van der Waals surface area (Å²) >= 11 is -0.601. The van der Waals surface area contributed by atoms with Crippen molar-refractivity contribution in [1.82, 2.24) is 0 Å². The van der Waals surface area contributed by atoms with Gasteiger partial charge < -0.3 is 24.8 Å². The molecule has 0 radical (unpaired) electrons. The van der Waals surface area contributed by atoms with Crippen molar-refractivity contribution in [3.05, 3.63) is 90.4 Å². The van der Waals surface area contributed by atoms with Gasteiger partial charge in [-0.25, -0.2) is 0 Å². The summed E-state index contributed by atoms with van der Waals surface area (Å²) in [6.45, 7) is 16.9. The number of hydrogen-bond acceptors (Lipinski definition) is 1. The van der Waals surface area contributed by atoms with Crippen molar-refractivity contribution < 1.29 is 46.1 Å². The largest absolute Gasteiger partial charge is 1.00 e. The zero-order valence-electron chi connectivity index (χ0n) is 25.8. The van der Waals surface area contributed by atoms with E-state index in [9.17, 15) is 0 Å². The molecule has 3 aromatic rings. The Morgan fingerprint density at radius 1 is 0.829 bits per heavy atom. The van der Waals surface area contributed by atoms with Gasteiger partial charge in [0, 0.05) is 0 Å². The molecule has 216 valence electrons. The summed E-state index contributed by atoms with van der Waals surface area (Å²) in [5, 5.41) is 4.64. The van der Waals surface area contributed by atoms with Crippen LogP contribution in [0.4, 0.5) is 0 Å². The maximum atomic E-state index is 2.54. The van der Waals surface area contributed by atoms with E-state index in [-0.39, 0.29) is 35.6 Å². The number of hydrogen-bond donors (Lipinski definition) is 0. The van der Waals surface area contributed by atoms with Crippen molar-refractivity contribution in [2.75, 3.05) is 0 Å². The standard InChI is InChI=1S/C21H25.C10H9S.C6H10.2ClH.Zr/c1-20(2,3)16-7-9-18-14(12-16)11-15-13-17(21(4,5)6)8-10-19(15)18;1-8-2-3-9(6-8)10-4-5-11-7-10;1-2-4-6-5-3-1;;;/h7-10,12H,11H2,1-6H3;2-5,7-8H,1H3;1-5H2;2*1H;/q;;;;;+2/p-2. The van der Waals surface area contributed by atoms with Gasteiger partial charge in [-0.2, -0.15) is 0 Å². The predicted molar refractivity (Wildman–Crippen MR) is 169 cm³/mol. The van der Waals surface area contributed by atoms with Crippen LogP contribution in [-0.4, -0.2) is 3.21 Å². The van der Waals surface area contributed by atoms with Crippen LogP contribution in [0.15, 0.2) is 62.6 Å². The van der Waals surface area contributed by atoms with Gasteiger partial charge in [0.2, 0.25) is 0 Å². The first kappa shape index (κ1) is 32.9. The van der Waals surface area contributed by atoms with Gasteiger partial charge in [0.05, 0.1) is 0 Å². The average Bonchev–Trinajstić information content (AvgIpc) is 3.63. The van der Waals surface area contributed by atoms with Crippen LogP contribution < -0.4 is 28.1 Å². The number of halogens is 2. The van der Waals surface area contributed by atoms with E-state index in [0.29, 0.717) is 5.92 Å². The first-order valence-electron chi connectivity index (χ1n) is 15.0. The van der Waals surface area contributed by atoms with Crippen molar-refractivity contribution >= 4 is 23.4 Å². The molecule has 6 rings (SSSR count). The fraction of sp³-hybridized carbons (Fsp3) is 0.432. The van der Waals surface area contributed by atoms with E-state index in [1.165, 1.54) is 54.4 Å². The van der Waals surface area contributed by atoms with Crippen LogP contribution in [0.25, 0.3) is 16.7 Å². The second-order valence-corrected chi connectivity index (χ2v) is 21.0. The monoisotopic (exact) mass is 680 g/mol. The van der Waals surface area contributed by atoms with Crippen LogP contribution in [0.5, 0.6) is 0 Å². The molecule has 0 amide bonds. The van der Waals surface area contributed by atoms with Gasteiger partial charge in [-0.1, -0.05) is 0 Å². The molecule has 3 aliphatic rings. The molecule has 1 aromatic heterocycles. The predicted octanol–water partition coefficient (Wildman–Crippen LogP) is 3.92. The first-order chi connectivity index (χ1) is 18.5. The summed E-state index contributed by atoms with van der Waals surface area (Å²) < 4.78 is 5.66. The minimum absolute atomic E-state index is 0. The van der Waals surface area contributed by atoms with Crippen molar-refractivity contribution in [2.45, 2.75) is 97.8 Å². The fourth-order valence-corrected chi connectivity index (χ4v) is 18.0. The quantitative estimate of drug-likeness (QED) is 0.308. The maximum absolute atomic E-state index is 2.54. The third kappa shape index (κ3) is 6.16. The summed E-state index contributed by atoms with van der Waals surface area (Å²) in [7, 11) is 0. The van der Waals surface area contributed by atoms with E-state index in [1.54, 1.807) is 22.3 Å². The normalized spacial score (nSPS) is 17.9. The van der Waals surface area contributed by atoms with Gasteiger partial charge in [-0.3, -0.25) is 0 Å². The molecule has 4 heteroatoms. The second-order valence-electron chi connectivity index (χ2n) is 14.1. The van der Waals surface area contributed by atoms with Gasteiger partial charge in [-0.15, -0.1) is 0 Å². The van der Waals surface area contributed by atoms with E-state index in [1.807, 2.05) is 21.1 Å². The Kier molecular flexibility index (Phi) is 10.0. The number of thiophene rings is 1. The molecule has 1 atom stereocenters. The van der Waals surface area contributed by atoms with Crippen LogP contribution in [0, 0.1) is 5.92 Å². The number of rotatable bonds is 3. The van der Waals surface area contributed by atoms with E-state index in [0.717, 1.165) is 6.42 Å². The van der Waals surface area contributed by atoms with E-state index >= 15 is 0 Å². The minimum atomic E-state index is -2.44. The number of fused-ring (bicyclic) bond motifs is 3. The molecule has 1 heterocycles. The fourth-order valence-electron chi connectivity index (χ4n) is 7.09. The third-order valence-electron chi connectivity index (χ3n) is 9.21. The Morgan fingerprint density at radius 2 is 1.54 bits per heavy atom. The molecular weight excluding hydrogens is 639 g/mol. The molecule has 41 heavy (non-hydrogen) atoms. The van der Waals surface area contributed by atoms with Crippen LogP contribution in [0.2, 0.25) is 0 Å². The Balaban J connectivity index is 0.00000194. The molecule has 0 nitrogen and oxygen atoms in total. The zero-order chi connectivity index (χ0) is 27.5. The first-order valence-corrected chi connectivity index (χ1v) is 19.6. The zero-order valence-corrected chi connectivity index (χ0v) is 30.5. The Morgan fingerprint density at radius 3 is 2.17 bits per heavy atom. The van der Waals surface area contributed by atoms with Gasteiger partial charge in [0.15, 0.2) is 0 Å². The number of benzene rings is 2. The molecule has 2 aromatic carbocycles. The topological polar surface area (TPSA) is 0 Å². The van der Waals surface area contributed by atoms with Gasteiger partial charge >= 0.3 is 250 Å². The van der Waals surface area contributed by atoms with Gasteiger partial charge in [0.25, 0.3) is 0 Å². The Hall–Kier alpha value is -1.05. The van der Waals surface area contributed by atoms with Crippen LogP contribution in [-0.2, 0) is 38.5 Å². The maximum Gasteiger partial charge on any atom is -1.00 e. The van der Waals surface area contributed by atoms with E-state index in [2.05, 4.69) is 108 Å². The van der Waals surface area contributed by atoms with Crippen molar-refractivity contribution in [3.8, 4) is 11.1 Å². The van der Waals surface area contributed by atoms with Crippen molar-refractivity contribution in [1.29, 1.82) is 0 Å². The summed E-state index contributed by atoms with van der Waals surface area (Å²) in [5.41, 5.74) is 12.7. The summed E-state index contributed by atoms with van der Waals surface area (Å²) in [4.78, 5) is 0.